The molecule has 1 aliphatic heterocycles. The Kier molecular flexibility index (Phi) is 4.61. The van der Waals surface area contributed by atoms with Crippen LogP contribution >= 0.6 is 0 Å². The topological polar surface area (TPSA) is 78.6 Å². The molecule has 1 unspecified atom stereocenters. The standard InChI is InChI=1S/C22H21NO4S/c1-14-6-9-16(10-7-14)22-18-12-15(13-28(23,24)25)8-11-17(18)21-19(26-2)4-3-5-20(21)27-22/h3-12,22H,13H2,1-2H3,(H2,23,24,25). The normalized spacial score (nSPS) is 15.3. The smallest absolute Gasteiger partial charge is 0.213 e. The highest BCUT2D eigenvalue weighted by Gasteiger charge is 2.30. The number of benzene rings is 3. The van der Waals surface area contributed by atoms with Crippen molar-refractivity contribution in [3.05, 3.63) is 82.9 Å². The second-order valence-electron chi connectivity index (χ2n) is 6.97. The summed E-state index contributed by atoms with van der Waals surface area (Å²) in [5.41, 5.74) is 5.49. The monoisotopic (exact) mass is 395 g/mol. The Hall–Kier alpha value is -2.83. The van der Waals surface area contributed by atoms with Gasteiger partial charge in [0.15, 0.2) is 0 Å². The van der Waals surface area contributed by atoms with E-state index in [1.807, 2.05) is 61.5 Å². The predicted octanol–water partition coefficient (Wildman–Crippen LogP) is 3.94. The van der Waals surface area contributed by atoms with Crippen LogP contribution in [0.2, 0.25) is 0 Å². The number of hydrogen-bond acceptors (Lipinski definition) is 4. The van der Waals surface area contributed by atoms with Crippen molar-refractivity contribution in [2.24, 2.45) is 5.14 Å². The van der Waals surface area contributed by atoms with Gasteiger partial charge in [-0.3, -0.25) is 0 Å². The number of methoxy groups -OCH3 is 1. The van der Waals surface area contributed by atoms with Crippen molar-refractivity contribution in [2.45, 2.75) is 18.8 Å². The van der Waals surface area contributed by atoms with Gasteiger partial charge in [-0.05, 0) is 35.7 Å². The minimum absolute atomic E-state index is 0.223. The van der Waals surface area contributed by atoms with Gasteiger partial charge in [-0.15, -0.1) is 0 Å². The lowest BCUT2D eigenvalue weighted by Crippen LogP contribution is -2.18. The van der Waals surface area contributed by atoms with E-state index in [4.69, 9.17) is 14.6 Å². The molecular weight excluding hydrogens is 374 g/mol. The van der Waals surface area contributed by atoms with E-state index >= 15 is 0 Å². The number of aryl methyl sites for hydroxylation is 1. The first-order valence-electron chi connectivity index (χ1n) is 8.89. The summed E-state index contributed by atoms with van der Waals surface area (Å²) in [5, 5.41) is 5.25. The molecule has 2 N–H and O–H groups in total. The number of hydrogen-bond donors (Lipinski definition) is 1. The van der Waals surface area contributed by atoms with E-state index in [0.29, 0.717) is 11.3 Å². The van der Waals surface area contributed by atoms with Crippen LogP contribution in [-0.4, -0.2) is 15.5 Å². The van der Waals surface area contributed by atoms with Crippen LogP contribution in [0, 0.1) is 6.92 Å². The predicted molar refractivity (Wildman–Crippen MR) is 109 cm³/mol. The number of sulfonamides is 1. The third-order valence-electron chi connectivity index (χ3n) is 4.87. The van der Waals surface area contributed by atoms with E-state index in [2.05, 4.69) is 0 Å². The summed E-state index contributed by atoms with van der Waals surface area (Å²) in [6.45, 7) is 2.03. The zero-order valence-electron chi connectivity index (χ0n) is 15.7. The van der Waals surface area contributed by atoms with Crippen molar-refractivity contribution in [3.8, 4) is 22.6 Å². The summed E-state index contributed by atoms with van der Waals surface area (Å²) in [6, 6.07) is 19.4. The highest BCUT2D eigenvalue weighted by atomic mass is 32.2. The number of ether oxygens (including phenoxy) is 2. The Morgan fingerprint density at radius 2 is 1.82 bits per heavy atom. The quantitative estimate of drug-likeness (QED) is 0.726. The van der Waals surface area contributed by atoms with E-state index in [1.54, 1.807) is 13.2 Å². The van der Waals surface area contributed by atoms with Crippen molar-refractivity contribution >= 4 is 10.0 Å². The minimum atomic E-state index is -3.63. The number of nitrogens with two attached hydrogens (primary N) is 1. The third-order valence-corrected chi connectivity index (χ3v) is 5.60. The average molecular weight is 395 g/mol. The Balaban J connectivity index is 1.92. The first-order chi connectivity index (χ1) is 13.4. The van der Waals surface area contributed by atoms with Crippen molar-refractivity contribution in [2.75, 3.05) is 7.11 Å². The lowest BCUT2D eigenvalue weighted by Gasteiger charge is -2.30. The number of primary sulfonamides is 1. The second kappa shape index (κ2) is 6.96. The molecule has 0 spiro atoms. The van der Waals surface area contributed by atoms with E-state index in [1.165, 1.54) is 0 Å². The Morgan fingerprint density at radius 1 is 1.07 bits per heavy atom. The Labute approximate surface area is 164 Å². The molecule has 4 rings (SSSR count). The molecule has 28 heavy (non-hydrogen) atoms. The van der Waals surface area contributed by atoms with Gasteiger partial charge in [0.05, 0.1) is 18.4 Å². The van der Waals surface area contributed by atoms with Crippen LogP contribution in [0.5, 0.6) is 11.5 Å². The van der Waals surface area contributed by atoms with Crippen LogP contribution in [0.1, 0.15) is 28.4 Å². The maximum Gasteiger partial charge on any atom is 0.213 e. The fourth-order valence-electron chi connectivity index (χ4n) is 3.60. The number of fused-ring (bicyclic) bond motifs is 3. The Morgan fingerprint density at radius 3 is 2.50 bits per heavy atom. The fourth-order valence-corrected chi connectivity index (χ4v) is 4.25. The summed E-state index contributed by atoms with van der Waals surface area (Å²) < 4.78 is 35.1. The molecule has 0 saturated carbocycles. The Bertz CT molecular complexity index is 1140. The molecule has 0 aromatic heterocycles. The molecule has 0 amide bonds. The van der Waals surface area contributed by atoms with Crippen molar-refractivity contribution < 1.29 is 17.9 Å². The molecule has 5 nitrogen and oxygen atoms in total. The first kappa shape index (κ1) is 18.5. The largest absolute Gasteiger partial charge is 0.496 e. The molecule has 1 heterocycles. The van der Waals surface area contributed by atoms with Crippen molar-refractivity contribution in [3.63, 3.8) is 0 Å². The molecule has 3 aromatic carbocycles. The van der Waals surface area contributed by atoms with Gasteiger partial charge in [-0.25, -0.2) is 13.6 Å². The molecule has 0 aliphatic carbocycles. The van der Waals surface area contributed by atoms with Gasteiger partial charge in [0.25, 0.3) is 0 Å². The molecule has 0 fully saturated rings. The third kappa shape index (κ3) is 3.48. The van der Waals surface area contributed by atoms with E-state index in [-0.39, 0.29) is 11.9 Å². The van der Waals surface area contributed by atoms with E-state index < -0.39 is 10.0 Å². The molecule has 3 aromatic rings. The van der Waals surface area contributed by atoms with Crippen LogP contribution in [0.25, 0.3) is 11.1 Å². The van der Waals surface area contributed by atoms with E-state index in [9.17, 15) is 8.42 Å². The summed E-state index contributed by atoms with van der Waals surface area (Å²) in [4.78, 5) is 0. The van der Waals surface area contributed by atoms with Gasteiger partial charge in [-0.2, -0.15) is 0 Å². The van der Waals surface area contributed by atoms with Gasteiger partial charge in [0.1, 0.15) is 17.6 Å². The van der Waals surface area contributed by atoms with Gasteiger partial charge in [0.2, 0.25) is 10.0 Å². The summed E-state index contributed by atoms with van der Waals surface area (Å²) in [5.74, 6) is 1.22. The van der Waals surface area contributed by atoms with Crippen molar-refractivity contribution in [1.29, 1.82) is 0 Å². The highest BCUT2D eigenvalue weighted by Crippen LogP contribution is 2.49. The molecule has 144 valence electrons. The van der Waals surface area contributed by atoms with Crippen molar-refractivity contribution in [1.82, 2.24) is 0 Å². The summed E-state index contributed by atoms with van der Waals surface area (Å²) >= 11 is 0. The second-order valence-corrected chi connectivity index (χ2v) is 8.59. The lowest BCUT2D eigenvalue weighted by atomic mass is 9.88. The lowest BCUT2D eigenvalue weighted by molar-refractivity contribution is 0.242. The minimum Gasteiger partial charge on any atom is -0.496 e. The first-order valence-corrected chi connectivity index (χ1v) is 10.6. The van der Waals surface area contributed by atoms with Gasteiger partial charge >= 0.3 is 0 Å². The summed E-state index contributed by atoms with van der Waals surface area (Å²) in [6.07, 6.45) is -0.351. The molecule has 0 radical (unpaired) electrons. The summed E-state index contributed by atoms with van der Waals surface area (Å²) in [7, 11) is -2.01. The maximum absolute atomic E-state index is 11.6. The van der Waals surface area contributed by atoms with E-state index in [0.717, 1.165) is 33.6 Å². The SMILES string of the molecule is COc1cccc2c1-c1ccc(CS(N)(=O)=O)cc1C(c1ccc(C)cc1)O2. The maximum atomic E-state index is 11.6. The molecule has 1 atom stereocenters. The van der Waals surface area contributed by atoms with Crippen LogP contribution in [0.15, 0.2) is 60.7 Å². The zero-order chi connectivity index (χ0) is 19.9. The van der Waals surface area contributed by atoms with Gasteiger partial charge in [-0.1, -0.05) is 54.1 Å². The fraction of sp³-hybridized carbons (Fsp3) is 0.182. The molecular formula is C22H21NO4S. The molecule has 1 aliphatic rings. The van der Waals surface area contributed by atoms with Crippen LogP contribution in [0.3, 0.4) is 0 Å². The molecule has 0 saturated heterocycles. The van der Waals surface area contributed by atoms with Gasteiger partial charge < -0.3 is 9.47 Å². The van der Waals surface area contributed by atoms with Crippen LogP contribution in [-0.2, 0) is 15.8 Å². The zero-order valence-corrected chi connectivity index (χ0v) is 16.5. The molecule has 6 heteroatoms. The van der Waals surface area contributed by atoms with Crippen LogP contribution < -0.4 is 14.6 Å². The average Bonchev–Trinajstić information content (AvgIpc) is 2.66. The molecule has 0 bridgehead atoms. The van der Waals surface area contributed by atoms with Crippen LogP contribution in [0.4, 0.5) is 0 Å². The number of rotatable bonds is 4. The van der Waals surface area contributed by atoms with Gasteiger partial charge in [0, 0.05) is 5.56 Å². The highest BCUT2D eigenvalue weighted by molar-refractivity contribution is 7.88.